The average molecular weight is 448 g/mol. The van der Waals surface area contributed by atoms with Crippen molar-refractivity contribution in [3.05, 3.63) is 56.4 Å². The summed E-state index contributed by atoms with van der Waals surface area (Å²) in [4.78, 5) is 23.8. The van der Waals surface area contributed by atoms with Gasteiger partial charge in [-0.3, -0.25) is 4.79 Å². The van der Waals surface area contributed by atoms with Crippen LogP contribution in [0.4, 0.5) is 0 Å². The first-order chi connectivity index (χ1) is 12.7. The van der Waals surface area contributed by atoms with E-state index in [2.05, 4.69) is 25.9 Å². The van der Waals surface area contributed by atoms with Crippen LogP contribution < -0.4 is 0 Å². The molecule has 0 spiro atoms. The maximum Gasteiger partial charge on any atom is 0.228 e. The molecule has 4 rings (SSSR count). The Hall–Kier alpha value is -1.57. The number of likely N-dealkylation sites (tertiary alicyclic amines) is 1. The van der Waals surface area contributed by atoms with Crippen LogP contribution in [0.2, 0.25) is 0 Å². The molecule has 1 amide bonds. The van der Waals surface area contributed by atoms with Crippen molar-refractivity contribution in [2.75, 3.05) is 13.1 Å². The highest BCUT2D eigenvalue weighted by atomic mass is 79.9. The second kappa shape index (κ2) is 7.98. The molecule has 1 aliphatic heterocycles. The predicted molar refractivity (Wildman–Crippen MR) is 110 cm³/mol. The summed E-state index contributed by atoms with van der Waals surface area (Å²) < 4.78 is 1.03. The van der Waals surface area contributed by atoms with Crippen LogP contribution in [-0.2, 0) is 11.2 Å². The fraction of sp³-hybridized carbons (Fsp3) is 0.316. The van der Waals surface area contributed by atoms with Gasteiger partial charge in [0, 0.05) is 46.0 Å². The maximum absolute atomic E-state index is 12.7. The Bertz CT molecular complexity index is 894. The number of benzene rings is 1. The van der Waals surface area contributed by atoms with Crippen molar-refractivity contribution in [1.29, 1.82) is 0 Å². The molecule has 3 heterocycles. The average Bonchev–Trinajstić information content (AvgIpc) is 3.34. The number of aromatic nitrogens is 2. The van der Waals surface area contributed by atoms with Crippen LogP contribution in [0, 0.1) is 0 Å². The molecule has 2 aromatic heterocycles. The molecule has 134 valence electrons. The van der Waals surface area contributed by atoms with Gasteiger partial charge in [0.25, 0.3) is 0 Å². The van der Waals surface area contributed by atoms with E-state index >= 15 is 0 Å². The van der Waals surface area contributed by atoms with Crippen LogP contribution in [0.15, 0.2) is 45.7 Å². The Kier molecular flexibility index (Phi) is 5.47. The summed E-state index contributed by atoms with van der Waals surface area (Å²) in [5, 5.41) is 6.10. The van der Waals surface area contributed by atoms with Crippen molar-refractivity contribution in [3.63, 3.8) is 0 Å². The summed E-state index contributed by atoms with van der Waals surface area (Å²) in [5.41, 5.74) is 1.93. The van der Waals surface area contributed by atoms with E-state index < -0.39 is 0 Å². The molecule has 1 aliphatic rings. The molecule has 1 atom stereocenters. The number of hydrogen-bond acceptors (Lipinski definition) is 5. The lowest BCUT2D eigenvalue weighted by Gasteiger charge is -2.31. The van der Waals surface area contributed by atoms with E-state index in [1.165, 1.54) is 0 Å². The van der Waals surface area contributed by atoms with Crippen LogP contribution in [0.5, 0.6) is 0 Å². The molecular weight excluding hydrogens is 430 g/mol. The number of hydrogen-bond donors (Lipinski definition) is 0. The first-order valence-electron chi connectivity index (χ1n) is 8.56. The zero-order valence-electron chi connectivity index (χ0n) is 14.1. The fourth-order valence-electron chi connectivity index (χ4n) is 3.25. The monoisotopic (exact) mass is 447 g/mol. The van der Waals surface area contributed by atoms with Crippen molar-refractivity contribution in [2.45, 2.75) is 25.2 Å². The van der Waals surface area contributed by atoms with Crippen LogP contribution in [0.1, 0.15) is 29.5 Å². The van der Waals surface area contributed by atoms with Gasteiger partial charge >= 0.3 is 0 Å². The Balaban J connectivity index is 1.42. The first-order valence-corrected chi connectivity index (χ1v) is 11.1. The smallest absolute Gasteiger partial charge is 0.228 e. The summed E-state index contributed by atoms with van der Waals surface area (Å²) in [7, 11) is 0. The summed E-state index contributed by atoms with van der Waals surface area (Å²) in [5.74, 6) is 0.540. The highest BCUT2D eigenvalue weighted by molar-refractivity contribution is 9.10. The lowest BCUT2D eigenvalue weighted by atomic mass is 9.98. The van der Waals surface area contributed by atoms with E-state index in [4.69, 9.17) is 0 Å². The summed E-state index contributed by atoms with van der Waals surface area (Å²) in [6.45, 7) is 1.61. The number of nitrogens with zero attached hydrogens (tertiary/aromatic N) is 3. The van der Waals surface area contributed by atoms with Crippen LogP contribution in [0.25, 0.3) is 10.6 Å². The van der Waals surface area contributed by atoms with Gasteiger partial charge in [0.15, 0.2) is 0 Å². The van der Waals surface area contributed by atoms with Crippen molar-refractivity contribution in [2.24, 2.45) is 0 Å². The van der Waals surface area contributed by atoms with Crippen molar-refractivity contribution in [1.82, 2.24) is 14.9 Å². The Morgan fingerprint density at radius 2 is 2.27 bits per heavy atom. The molecule has 4 nitrogen and oxygen atoms in total. The van der Waals surface area contributed by atoms with Gasteiger partial charge in [-0.1, -0.05) is 28.1 Å². The lowest BCUT2D eigenvalue weighted by molar-refractivity contribution is -0.131. The summed E-state index contributed by atoms with van der Waals surface area (Å²) >= 11 is 6.77. The second-order valence-electron chi connectivity index (χ2n) is 6.38. The van der Waals surface area contributed by atoms with Crippen molar-refractivity contribution >= 4 is 44.5 Å². The predicted octanol–water partition coefficient (Wildman–Crippen LogP) is 4.98. The number of halogens is 1. The minimum Gasteiger partial charge on any atom is -0.342 e. The molecule has 0 radical (unpaired) electrons. The van der Waals surface area contributed by atoms with Gasteiger partial charge in [0.05, 0.1) is 17.1 Å². The third-order valence-corrected chi connectivity index (χ3v) is 6.90. The van der Waals surface area contributed by atoms with Crippen molar-refractivity contribution < 1.29 is 4.79 Å². The van der Waals surface area contributed by atoms with E-state index in [9.17, 15) is 4.79 Å². The standard InChI is InChI=1S/C19H18BrN3OS2/c20-15-5-1-3-13(9-15)19-22-16(12-26-19)10-17(24)23-7-2-4-14(11-23)18-21-6-8-25-18/h1,3,5-6,8-9,12,14H,2,4,7,10-11H2. The molecular formula is C19H18BrN3OS2. The number of carbonyl (C=O) groups excluding carboxylic acids is 1. The number of rotatable bonds is 4. The number of carbonyl (C=O) groups is 1. The van der Waals surface area contributed by atoms with E-state index in [1.54, 1.807) is 22.7 Å². The molecule has 0 aliphatic carbocycles. The molecule has 0 saturated carbocycles. The summed E-state index contributed by atoms with van der Waals surface area (Å²) in [6.07, 6.45) is 4.37. The molecule has 7 heteroatoms. The summed E-state index contributed by atoms with van der Waals surface area (Å²) in [6, 6.07) is 8.08. The molecule has 1 unspecified atom stereocenters. The van der Waals surface area contributed by atoms with E-state index in [1.807, 2.05) is 46.1 Å². The molecule has 0 N–H and O–H groups in total. The highest BCUT2D eigenvalue weighted by Gasteiger charge is 2.26. The van der Waals surface area contributed by atoms with Crippen LogP contribution in [-0.4, -0.2) is 33.9 Å². The van der Waals surface area contributed by atoms with E-state index in [-0.39, 0.29) is 5.91 Å². The maximum atomic E-state index is 12.7. The van der Waals surface area contributed by atoms with Crippen LogP contribution in [0.3, 0.4) is 0 Å². The van der Waals surface area contributed by atoms with E-state index in [0.29, 0.717) is 12.3 Å². The molecule has 3 aromatic rings. The van der Waals surface area contributed by atoms with Gasteiger partial charge < -0.3 is 4.90 Å². The SMILES string of the molecule is O=C(Cc1csc(-c2cccc(Br)c2)n1)N1CCCC(c2nccs2)C1. The van der Waals surface area contributed by atoms with Gasteiger partial charge in [-0.15, -0.1) is 22.7 Å². The minimum absolute atomic E-state index is 0.164. The number of thiazole rings is 2. The Morgan fingerprint density at radius 3 is 3.08 bits per heavy atom. The van der Waals surface area contributed by atoms with Gasteiger partial charge in [-0.05, 0) is 25.0 Å². The largest absolute Gasteiger partial charge is 0.342 e. The molecule has 26 heavy (non-hydrogen) atoms. The normalized spacial score (nSPS) is 17.4. The fourth-order valence-corrected chi connectivity index (χ4v) is 5.23. The highest BCUT2D eigenvalue weighted by Crippen LogP contribution is 2.29. The van der Waals surface area contributed by atoms with Gasteiger partial charge in [-0.25, -0.2) is 9.97 Å². The molecule has 0 bridgehead atoms. The van der Waals surface area contributed by atoms with Gasteiger partial charge in [0.1, 0.15) is 5.01 Å². The second-order valence-corrected chi connectivity index (χ2v) is 9.08. The topological polar surface area (TPSA) is 46.1 Å². The minimum atomic E-state index is 0.164. The third-order valence-electron chi connectivity index (χ3n) is 4.53. The lowest BCUT2D eigenvalue weighted by Crippen LogP contribution is -2.40. The third kappa shape index (κ3) is 4.05. The van der Waals surface area contributed by atoms with Gasteiger partial charge in [0.2, 0.25) is 5.91 Å². The Morgan fingerprint density at radius 1 is 1.35 bits per heavy atom. The molecule has 1 fully saturated rings. The van der Waals surface area contributed by atoms with Crippen molar-refractivity contribution in [3.8, 4) is 10.6 Å². The molecule has 1 saturated heterocycles. The number of amides is 1. The Labute approximate surface area is 169 Å². The number of piperidine rings is 1. The van der Waals surface area contributed by atoms with E-state index in [0.717, 1.165) is 51.7 Å². The quantitative estimate of drug-likeness (QED) is 0.566. The van der Waals surface area contributed by atoms with Gasteiger partial charge in [-0.2, -0.15) is 0 Å². The zero-order chi connectivity index (χ0) is 17.9. The first kappa shape index (κ1) is 17.8. The zero-order valence-corrected chi connectivity index (χ0v) is 17.3. The van der Waals surface area contributed by atoms with Crippen LogP contribution >= 0.6 is 38.6 Å². The molecule has 1 aromatic carbocycles.